The number of nitrogens with zero attached hydrogens (tertiary/aromatic N) is 1. The normalized spacial score (nSPS) is 10.4. The number of anilines is 1. The second-order valence-corrected chi connectivity index (χ2v) is 6.97. The molecule has 0 spiro atoms. The molecule has 3 aromatic rings. The number of amides is 1. The van der Waals surface area contributed by atoms with Gasteiger partial charge in [0, 0.05) is 11.1 Å². The van der Waals surface area contributed by atoms with Crippen LogP contribution >= 0.6 is 23.2 Å². The van der Waals surface area contributed by atoms with E-state index < -0.39 is 16.5 Å². The number of hydrogen-bond donors (Lipinski definition) is 1. The molecular formula is C21H16Cl2N2O5. The summed E-state index contributed by atoms with van der Waals surface area (Å²) < 4.78 is 11.0. The van der Waals surface area contributed by atoms with Gasteiger partial charge in [-0.05, 0) is 23.8 Å². The number of nitrogens with one attached hydrogen (secondary N) is 1. The fourth-order valence-electron chi connectivity index (χ4n) is 2.67. The van der Waals surface area contributed by atoms with Crippen LogP contribution in [-0.4, -0.2) is 17.9 Å². The number of ether oxygens (including phenoxy) is 2. The summed E-state index contributed by atoms with van der Waals surface area (Å²) in [5.41, 5.74) is 0.515. The summed E-state index contributed by atoms with van der Waals surface area (Å²) in [7, 11) is 1.38. The summed E-state index contributed by atoms with van der Waals surface area (Å²) in [4.78, 5) is 23.7. The third-order valence-electron chi connectivity index (χ3n) is 4.14. The Morgan fingerprint density at radius 3 is 2.43 bits per heavy atom. The van der Waals surface area contributed by atoms with Crippen LogP contribution in [0.25, 0.3) is 0 Å². The van der Waals surface area contributed by atoms with E-state index in [2.05, 4.69) is 5.32 Å². The van der Waals surface area contributed by atoms with Crippen LogP contribution in [0, 0.1) is 10.1 Å². The van der Waals surface area contributed by atoms with Gasteiger partial charge in [-0.15, -0.1) is 0 Å². The highest BCUT2D eigenvalue weighted by atomic mass is 35.5. The molecule has 0 saturated carbocycles. The van der Waals surface area contributed by atoms with Crippen LogP contribution in [-0.2, 0) is 6.61 Å². The van der Waals surface area contributed by atoms with Crippen LogP contribution < -0.4 is 14.8 Å². The van der Waals surface area contributed by atoms with Crippen molar-refractivity contribution in [2.45, 2.75) is 6.61 Å². The molecule has 0 aromatic heterocycles. The Bertz CT molecular complexity index is 1090. The monoisotopic (exact) mass is 446 g/mol. The van der Waals surface area contributed by atoms with Crippen molar-refractivity contribution in [2.24, 2.45) is 0 Å². The van der Waals surface area contributed by atoms with E-state index in [9.17, 15) is 14.9 Å². The molecule has 1 amide bonds. The number of nitro groups is 1. The summed E-state index contributed by atoms with van der Waals surface area (Å²) in [6.45, 7) is 0.181. The number of hydrogen-bond acceptors (Lipinski definition) is 5. The van der Waals surface area contributed by atoms with Gasteiger partial charge in [-0.3, -0.25) is 14.9 Å². The molecule has 0 aliphatic carbocycles. The molecule has 0 saturated heterocycles. The first-order valence-electron chi connectivity index (χ1n) is 8.68. The Balaban J connectivity index is 1.91. The van der Waals surface area contributed by atoms with Gasteiger partial charge in [0.1, 0.15) is 12.2 Å². The van der Waals surface area contributed by atoms with Crippen LogP contribution in [0.3, 0.4) is 0 Å². The summed E-state index contributed by atoms with van der Waals surface area (Å²) in [5, 5.41) is 14.7. The molecule has 0 fully saturated rings. The van der Waals surface area contributed by atoms with Gasteiger partial charge in [-0.2, -0.15) is 0 Å². The van der Waals surface area contributed by atoms with Gasteiger partial charge in [0.15, 0.2) is 11.5 Å². The van der Waals surface area contributed by atoms with Gasteiger partial charge in [0.2, 0.25) is 0 Å². The molecule has 0 aliphatic heterocycles. The average Bonchev–Trinajstić information content (AvgIpc) is 2.74. The Morgan fingerprint density at radius 2 is 1.80 bits per heavy atom. The summed E-state index contributed by atoms with van der Waals surface area (Å²) >= 11 is 11.9. The first kappa shape index (κ1) is 21.4. The second kappa shape index (κ2) is 9.47. The van der Waals surface area contributed by atoms with Crippen molar-refractivity contribution < 1.29 is 19.2 Å². The van der Waals surface area contributed by atoms with Crippen molar-refractivity contribution in [1.29, 1.82) is 0 Å². The minimum atomic E-state index is -0.723. The summed E-state index contributed by atoms with van der Waals surface area (Å²) in [6, 6.07) is 16.2. The lowest BCUT2D eigenvalue weighted by molar-refractivity contribution is -0.385. The van der Waals surface area contributed by atoms with Gasteiger partial charge in [-0.1, -0.05) is 53.5 Å². The second-order valence-electron chi connectivity index (χ2n) is 6.13. The van der Waals surface area contributed by atoms with Gasteiger partial charge < -0.3 is 14.8 Å². The van der Waals surface area contributed by atoms with E-state index in [4.69, 9.17) is 32.7 Å². The number of rotatable bonds is 7. The fourth-order valence-corrected chi connectivity index (χ4v) is 3.13. The zero-order valence-corrected chi connectivity index (χ0v) is 17.2. The molecule has 9 heteroatoms. The number of halogens is 2. The van der Waals surface area contributed by atoms with E-state index in [1.807, 2.05) is 30.3 Å². The largest absolute Gasteiger partial charge is 0.493 e. The minimum Gasteiger partial charge on any atom is -0.493 e. The standard InChI is InChI=1S/C21H16Cl2N2O5/c1-29-19-10-15(21(26)24-17-8-7-14(22)9-16(17)23)18(25(27)28)11-20(19)30-12-13-5-3-2-4-6-13/h2-11H,12H2,1H3,(H,24,26). The number of carbonyl (C=O) groups excluding carboxylic acids is 1. The van der Waals surface area contributed by atoms with Crippen LogP contribution in [0.2, 0.25) is 10.0 Å². The van der Waals surface area contributed by atoms with Crippen molar-refractivity contribution in [1.82, 2.24) is 0 Å². The molecule has 1 N–H and O–H groups in total. The highest BCUT2D eigenvalue weighted by molar-refractivity contribution is 6.36. The van der Waals surface area contributed by atoms with Crippen molar-refractivity contribution in [3.05, 3.63) is 92.0 Å². The maximum absolute atomic E-state index is 12.7. The lowest BCUT2D eigenvalue weighted by atomic mass is 10.1. The number of nitro benzene ring substituents is 1. The minimum absolute atomic E-state index is 0.147. The van der Waals surface area contributed by atoms with Crippen LogP contribution in [0.5, 0.6) is 11.5 Å². The lowest BCUT2D eigenvalue weighted by Crippen LogP contribution is -2.15. The van der Waals surface area contributed by atoms with Crippen molar-refractivity contribution in [3.63, 3.8) is 0 Å². The van der Waals surface area contributed by atoms with E-state index in [-0.39, 0.29) is 34.4 Å². The molecule has 154 valence electrons. The Kier molecular flexibility index (Phi) is 6.76. The molecular weight excluding hydrogens is 431 g/mol. The Hall–Kier alpha value is -3.29. The first-order chi connectivity index (χ1) is 14.4. The number of methoxy groups -OCH3 is 1. The van der Waals surface area contributed by atoms with E-state index in [1.54, 1.807) is 6.07 Å². The molecule has 0 aliphatic rings. The first-order valence-corrected chi connectivity index (χ1v) is 9.44. The van der Waals surface area contributed by atoms with Gasteiger partial charge in [0.05, 0.1) is 28.8 Å². The highest BCUT2D eigenvalue weighted by Crippen LogP contribution is 2.36. The topological polar surface area (TPSA) is 90.7 Å². The molecule has 3 aromatic carbocycles. The summed E-state index contributed by atoms with van der Waals surface area (Å²) in [6.07, 6.45) is 0. The zero-order valence-electron chi connectivity index (χ0n) is 15.7. The SMILES string of the molecule is COc1cc(C(=O)Nc2ccc(Cl)cc2Cl)c([N+](=O)[O-])cc1OCc1ccccc1. The van der Waals surface area contributed by atoms with Crippen LogP contribution in [0.1, 0.15) is 15.9 Å². The smallest absolute Gasteiger partial charge is 0.286 e. The third-order valence-corrected chi connectivity index (χ3v) is 4.69. The van der Waals surface area contributed by atoms with E-state index in [1.165, 1.54) is 31.4 Å². The predicted octanol–water partition coefficient (Wildman–Crippen LogP) is 5.74. The van der Waals surface area contributed by atoms with Gasteiger partial charge in [-0.25, -0.2) is 0 Å². The number of benzene rings is 3. The quantitative estimate of drug-likeness (QED) is 0.368. The van der Waals surface area contributed by atoms with Crippen molar-refractivity contribution in [2.75, 3.05) is 12.4 Å². The molecule has 0 unspecified atom stereocenters. The zero-order chi connectivity index (χ0) is 21.7. The molecule has 0 atom stereocenters. The molecule has 0 radical (unpaired) electrons. The van der Waals surface area contributed by atoms with Crippen LogP contribution in [0.15, 0.2) is 60.7 Å². The Labute approximate surface area is 182 Å². The average molecular weight is 447 g/mol. The van der Waals surface area contributed by atoms with Crippen molar-refractivity contribution >= 4 is 40.5 Å². The van der Waals surface area contributed by atoms with Gasteiger partial charge in [0.25, 0.3) is 11.6 Å². The predicted molar refractivity (Wildman–Crippen MR) is 115 cm³/mol. The van der Waals surface area contributed by atoms with Gasteiger partial charge >= 0.3 is 0 Å². The maximum atomic E-state index is 12.7. The highest BCUT2D eigenvalue weighted by Gasteiger charge is 2.25. The third kappa shape index (κ3) is 5.00. The number of carbonyl (C=O) groups is 1. The molecule has 3 rings (SSSR count). The van der Waals surface area contributed by atoms with Crippen LogP contribution in [0.4, 0.5) is 11.4 Å². The maximum Gasteiger partial charge on any atom is 0.286 e. The fraction of sp³-hybridized carbons (Fsp3) is 0.0952. The Morgan fingerprint density at radius 1 is 1.07 bits per heavy atom. The lowest BCUT2D eigenvalue weighted by Gasteiger charge is -2.13. The van der Waals surface area contributed by atoms with E-state index in [0.717, 1.165) is 5.56 Å². The van der Waals surface area contributed by atoms with E-state index in [0.29, 0.717) is 5.02 Å². The molecule has 30 heavy (non-hydrogen) atoms. The van der Waals surface area contributed by atoms with E-state index >= 15 is 0 Å². The molecule has 0 heterocycles. The molecule has 0 bridgehead atoms. The van der Waals surface area contributed by atoms with Crippen molar-refractivity contribution in [3.8, 4) is 11.5 Å². The summed E-state index contributed by atoms with van der Waals surface area (Å²) in [5.74, 6) is -0.392. The molecule has 7 nitrogen and oxygen atoms in total.